The van der Waals surface area contributed by atoms with Crippen molar-refractivity contribution in [2.24, 2.45) is 4.99 Å². The van der Waals surface area contributed by atoms with Crippen LogP contribution in [0, 0.1) is 0 Å². The molecule has 0 atom stereocenters. The number of aromatic nitrogens is 2. The van der Waals surface area contributed by atoms with E-state index in [1.54, 1.807) is 6.33 Å². The predicted octanol–water partition coefficient (Wildman–Crippen LogP) is 5.26. The lowest BCUT2D eigenvalue weighted by molar-refractivity contribution is 0.391. The van der Waals surface area contributed by atoms with Crippen LogP contribution in [0.15, 0.2) is 47.7 Å². The lowest BCUT2D eigenvalue weighted by atomic mass is 10.1. The molecule has 0 spiro atoms. The minimum absolute atomic E-state index is 0.236. The molecule has 5 nitrogen and oxygen atoms in total. The maximum atomic E-state index is 4.78. The maximum Gasteiger partial charge on any atom is 0.159 e. The molecular formula is C25H31N5S2. The van der Waals surface area contributed by atoms with Crippen LogP contribution in [-0.2, 0) is 12.8 Å². The Kier molecular flexibility index (Phi) is 6.37. The Hall–Kier alpha value is -2.12. The lowest BCUT2D eigenvalue weighted by Gasteiger charge is -2.36. The minimum Gasteiger partial charge on any atom is -0.352 e. The molecule has 0 amide bonds. The maximum absolute atomic E-state index is 4.78. The summed E-state index contributed by atoms with van der Waals surface area (Å²) < 4.78 is 0.236. The molecule has 3 aromatic rings. The largest absolute Gasteiger partial charge is 0.352 e. The van der Waals surface area contributed by atoms with Gasteiger partial charge in [-0.1, -0.05) is 42.1 Å². The van der Waals surface area contributed by atoms with Crippen molar-refractivity contribution in [3.8, 4) is 0 Å². The highest BCUT2D eigenvalue weighted by atomic mass is 32.2. The molecule has 0 radical (unpaired) electrons. The van der Waals surface area contributed by atoms with Crippen LogP contribution in [0.25, 0.3) is 10.2 Å². The van der Waals surface area contributed by atoms with Gasteiger partial charge in [-0.05, 0) is 51.2 Å². The van der Waals surface area contributed by atoms with Gasteiger partial charge in [-0.15, -0.1) is 11.3 Å². The normalized spacial score (nSPS) is 18.4. The predicted molar refractivity (Wildman–Crippen MR) is 138 cm³/mol. The number of thioether (sulfide) groups is 1. The van der Waals surface area contributed by atoms with Gasteiger partial charge in [0.2, 0.25) is 0 Å². The number of fused-ring (bicyclic) bond motifs is 1. The fraction of sp³-hybridized carbons (Fsp3) is 0.480. The quantitative estimate of drug-likeness (QED) is 0.465. The smallest absolute Gasteiger partial charge is 0.159 e. The Bertz CT molecular complexity index is 1080. The SMILES string of the molecule is CC1(C)CN=C(N2CCN(c3ncnc4sc(CCCCc5ccccc5)cc34)CC2)S1. The molecule has 2 aromatic heterocycles. The first-order valence-electron chi connectivity index (χ1n) is 11.6. The van der Waals surface area contributed by atoms with E-state index in [-0.39, 0.29) is 4.75 Å². The van der Waals surface area contributed by atoms with Crippen molar-refractivity contribution in [3.63, 3.8) is 0 Å². The van der Waals surface area contributed by atoms with E-state index >= 15 is 0 Å². The van der Waals surface area contributed by atoms with Gasteiger partial charge in [0.05, 0.1) is 11.9 Å². The summed E-state index contributed by atoms with van der Waals surface area (Å²) in [6.07, 6.45) is 6.44. The van der Waals surface area contributed by atoms with Crippen LogP contribution in [0.2, 0.25) is 0 Å². The van der Waals surface area contributed by atoms with Crippen molar-refractivity contribution < 1.29 is 0 Å². The first-order chi connectivity index (χ1) is 15.6. The van der Waals surface area contributed by atoms with Crippen LogP contribution in [0.1, 0.15) is 37.1 Å². The Morgan fingerprint density at radius 1 is 0.938 bits per heavy atom. The molecule has 1 fully saturated rings. The van der Waals surface area contributed by atoms with Gasteiger partial charge < -0.3 is 9.80 Å². The molecule has 2 aliphatic heterocycles. The van der Waals surface area contributed by atoms with Crippen LogP contribution in [0.4, 0.5) is 5.82 Å². The molecule has 2 aliphatic rings. The summed E-state index contributed by atoms with van der Waals surface area (Å²) in [5, 5.41) is 2.44. The topological polar surface area (TPSA) is 44.6 Å². The molecule has 168 valence electrons. The molecule has 7 heteroatoms. The molecule has 5 rings (SSSR count). The van der Waals surface area contributed by atoms with Crippen molar-refractivity contribution in [1.29, 1.82) is 0 Å². The zero-order chi connectivity index (χ0) is 22.0. The summed E-state index contributed by atoms with van der Waals surface area (Å²) in [6, 6.07) is 13.1. The number of amidine groups is 1. The van der Waals surface area contributed by atoms with Gasteiger partial charge >= 0.3 is 0 Å². The average molecular weight is 466 g/mol. The van der Waals surface area contributed by atoms with E-state index in [2.05, 4.69) is 65.0 Å². The molecular weight excluding hydrogens is 434 g/mol. The second kappa shape index (κ2) is 9.40. The van der Waals surface area contributed by atoms with E-state index in [0.29, 0.717) is 0 Å². The highest BCUT2D eigenvalue weighted by molar-refractivity contribution is 8.15. The van der Waals surface area contributed by atoms with E-state index < -0.39 is 0 Å². The Labute approximate surface area is 199 Å². The van der Waals surface area contributed by atoms with Gasteiger partial charge in [-0.3, -0.25) is 4.99 Å². The van der Waals surface area contributed by atoms with E-state index in [9.17, 15) is 0 Å². The number of thiophene rings is 1. The highest BCUT2D eigenvalue weighted by Gasteiger charge is 2.32. The summed E-state index contributed by atoms with van der Waals surface area (Å²) in [5.41, 5.74) is 1.43. The van der Waals surface area contributed by atoms with Crippen LogP contribution in [0.3, 0.4) is 0 Å². The van der Waals surface area contributed by atoms with Gasteiger partial charge in [0.15, 0.2) is 5.17 Å². The number of aryl methyl sites for hydroxylation is 2. The average Bonchev–Trinajstić information content (AvgIpc) is 3.40. The van der Waals surface area contributed by atoms with Gasteiger partial charge in [-0.2, -0.15) is 0 Å². The number of hydrogen-bond donors (Lipinski definition) is 0. The number of unbranched alkanes of at least 4 members (excludes halogenated alkanes) is 1. The van der Waals surface area contributed by atoms with Gasteiger partial charge in [0.1, 0.15) is 17.0 Å². The Morgan fingerprint density at radius 3 is 2.44 bits per heavy atom. The molecule has 0 aliphatic carbocycles. The number of nitrogens with zero attached hydrogens (tertiary/aromatic N) is 5. The molecule has 4 heterocycles. The Morgan fingerprint density at radius 2 is 1.69 bits per heavy atom. The second-order valence-corrected chi connectivity index (χ2v) is 12.0. The minimum atomic E-state index is 0.236. The van der Waals surface area contributed by atoms with Crippen molar-refractivity contribution in [2.45, 2.75) is 44.3 Å². The summed E-state index contributed by atoms with van der Waals surface area (Å²) in [4.78, 5) is 21.5. The lowest BCUT2D eigenvalue weighted by Crippen LogP contribution is -2.48. The summed E-state index contributed by atoms with van der Waals surface area (Å²) in [5.74, 6) is 1.10. The third kappa shape index (κ3) is 4.94. The van der Waals surface area contributed by atoms with Gasteiger partial charge in [-0.25, -0.2) is 9.97 Å². The molecule has 0 bridgehead atoms. The highest BCUT2D eigenvalue weighted by Crippen LogP contribution is 2.35. The molecule has 0 N–H and O–H groups in total. The number of anilines is 1. The molecule has 0 unspecified atom stereocenters. The van der Waals surface area contributed by atoms with E-state index in [4.69, 9.17) is 9.98 Å². The number of rotatable bonds is 6. The fourth-order valence-corrected chi connectivity index (χ4v) is 6.48. The van der Waals surface area contributed by atoms with E-state index in [1.165, 1.54) is 33.8 Å². The van der Waals surface area contributed by atoms with Crippen LogP contribution < -0.4 is 4.90 Å². The number of benzene rings is 1. The zero-order valence-electron chi connectivity index (χ0n) is 19.0. The van der Waals surface area contributed by atoms with Gasteiger partial charge in [0.25, 0.3) is 0 Å². The third-order valence-corrected chi connectivity index (χ3v) is 8.51. The van der Waals surface area contributed by atoms with Crippen LogP contribution in [0.5, 0.6) is 0 Å². The van der Waals surface area contributed by atoms with Crippen molar-refractivity contribution in [1.82, 2.24) is 14.9 Å². The summed E-state index contributed by atoms with van der Waals surface area (Å²) >= 11 is 3.75. The Balaban J connectivity index is 1.19. The van der Waals surface area contributed by atoms with E-state index in [1.807, 2.05) is 23.1 Å². The van der Waals surface area contributed by atoms with Crippen LogP contribution in [-0.4, -0.2) is 57.5 Å². The second-order valence-electron chi connectivity index (χ2n) is 9.26. The third-order valence-electron chi connectivity index (χ3n) is 6.15. The number of aliphatic imine (C=N–C) groups is 1. The summed E-state index contributed by atoms with van der Waals surface area (Å²) in [7, 11) is 0. The van der Waals surface area contributed by atoms with E-state index in [0.717, 1.165) is 56.2 Å². The van der Waals surface area contributed by atoms with Crippen molar-refractivity contribution in [2.75, 3.05) is 37.6 Å². The first-order valence-corrected chi connectivity index (χ1v) is 13.2. The standard InChI is InChI=1S/C25H31N5S2/c1-25(2)17-26-24(32-25)30-14-12-29(13-15-30)22-21-16-20(31-23(21)28-18-27-22)11-7-6-10-19-8-4-3-5-9-19/h3-5,8-9,16,18H,6-7,10-15,17H2,1-2H3. The molecule has 1 saturated heterocycles. The molecule has 32 heavy (non-hydrogen) atoms. The zero-order valence-corrected chi connectivity index (χ0v) is 20.6. The number of hydrogen-bond acceptors (Lipinski definition) is 7. The number of piperazine rings is 1. The molecule has 1 aromatic carbocycles. The monoisotopic (exact) mass is 465 g/mol. The summed E-state index contributed by atoms with van der Waals surface area (Å²) in [6.45, 7) is 9.44. The van der Waals surface area contributed by atoms with Gasteiger partial charge in [0, 0.05) is 35.8 Å². The molecule has 0 saturated carbocycles. The van der Waals surface area contributed by atoms with Crippen molar-refractivity contribution >= 4 is 44.3 Å². The van der Waals surface area contributed by atoms with Crippen molar-refractivity contribution in [3.05, 3.63) is 53.2 Å². The van der Waals surface area contributed by atoms with Crippen LogP contribution >= 0.6 is 23.1 Å². The fourth-order valence-electron chi connectivity index (χ4n) is 4.38. The first kappa shape index (κ1) is 21.7.